The molecule has 0 aliphatic rings. The summed E-state index contributed by atoms with van der Waals surface area (Å²) in [4.78, 5) is 0. The van der Waals surface area contributed by atoms with E-state index in [4.69, 9.17) is 11.0 Å². The zero-order valence-electron chi connectivity index (χ0n) is 11.4. The molecule has 1 heterocycles. The number of benzene rings is 2. The number of hydrogen-bond acceptors (Lipinski definition) is 2. The minimum absolute atomic E-state index is 0.0756. The fraction of sp³-hybridized carbons (Fsp3) is 0.118. The van der Waals surface area contributed by atoms with Gasteiger partial charge in [0.25, 0.3) is 0 Å². The van der Waals surface area contributed by atoms with E-state index >= 15 is 0 Å². The SMILES string of the molecule is N#Cc1cccc(Cn2ccc3ccc(CN)cc32)c1F. The summed E-state index contributed by atoms with van der Waals surface area (Å²) in [5.74, 6) is -0.447. The number of hydrogen-bond donors (Lipinski definition) is 1. The van der Waals surface area contributed by atoms with Gasteiger partial charge in [-0.2, -0.15) is 5.26 Å². The van der Waals surface area contributed by atoms with Crippen LogP contribution in [0.25, 0.3) is 10.9 Å². The maximum Gasteiger partial charge on any atom is 0.145 e. The van der Waals surface area contributed by atoms with Crippen molar-refractivity contribution in [3.8, 4) is 6.07 Å². The topological polar surface area (TPSA) is 54.7 Å². The van der Waals surface area contributed by atoms with Gasteiger partial charge in [-0.05, 0) is 29.1 Å². The van der Waals surface area contributed by atoms with Gasteiger partial charge in [0.2, 0.25) is 0 Å². The van der Waals surface area contributed by atoms with E-state index in [1.54, 1.807) is 12.1 Å². The summed E-state index contributed by atoms with van der Waals surface area (Å²) >= 11 is 0. The predicted octanol–water partition coefficient (Wildman–Crippen LogP) is 3.16. The molecule has 2 N–H and O–H groups in total. The molecule has 0 bridgehead atoms. The summed E-state index contributed by atoms with van der Waals surface area (Å²) in [6, 6.07) is 14.8. The molecule has 0 saturated heterocycles. The minimum atomic E-state index is -0.447. The van der Waals surface area contributed by atoms with Crippen molar-refractivity contribution in [1.29, 1.82) is 5.26 Å². The molecule has 1 aromatic heterocycles. The maximum absolute atomic E-state index is 14.2. The average molecular weight is 279 g/mol. The first-order chi connectivity index (χ1) is 10.2. The molecular formula is C17H14FN3. The summed E-state index contributed by atoms with van der Waals surface area (Å²) in [7, 11) is 0. The number of aromatic nitrogens is 1. The van der Waals surface area contributed by atoms with Crippen LogP contribution in [0.3, 0.4) is 0 Å². The normalized spacial score (nSPS) is 10.7. The Hall–Kier alpha value is -2.64. The van der Waals surface area contributed by atoms with Crippen molar-refractivity contribution in [2.24, 2.45) is 5.73 Å². The van der Waals surface area contributed by atoms with Crippen LogP contribution in [0.15, 0.2) is 48.7 Å². The Morgan fingerprint density at radius 2 is 2.05 bits per heavy atom. The van der Waals surface area contributed by atoms with Crippen molar-refractivity contribution in [2.45, 2.75) is 13.1 Å². The zero-order chi connectivity index (χ0) is 14.8. The third kappa shape index (κ3) is 2.39. The Kier molecular flexibility index (Phi) is 3.43. The predicted molar refractivity (Wildman–Crippen MR) is 80.0 cm³/mol. The maximum atomic E-state index is 14.2. The monoisotopic (exact) mass is 279 g/mol. The minimum Gasteiger partial charge on any atom is -0.343 e. The number of nitrogens with zero attached hydrogens (tertiary/aromatic N) is 2. The third-order valence-electron chi connectivity index (χ3n) is 3.61. The van der Waals surface area contributed by atoms with Gasteiger partial charge in [0.05, 0.1) is 12.1 Å². The molecule has 0 spiro atoms. The van der Waals surface area contributed by atoms with E-state index < -0.39 is 5.82 Å². The van der Waals surface area contributed by atoms with Crippen molar-refractivity contribution >= 4 is 10.9 Å². The van der Waals surface area contributed by atoms with Crippen molar-refractivity contribution in [1.82, 2.24) is 4.57 Å². The highest BCUT2D eigenvalue weighted by Gasteiger charge is 2.09. The largest absolute Gasteiger partial charge is 0.343 e. The molecule has 104 valence electrons. The van der Waals surface area contributed by atoms with E-state index in [1.807, 2.05) is 41.1 Å². The smallest absolute Gasteiger partial charge is 0.145 e. The van der Waals surface area contributed by atoms with Gasteiger partial charge in [-0.1, -0.05) is 24.3 Å². The molecule has 0 atom stereocenters. The van der Waals surface area contributed by atoms with Gasteiger partial charge >= 0.3 is 0 Å². The first-order valence-electron chi connectivity index (χ1n) is 6.68. The molecule has 3 aromatic rings. The Labute approximate surface area is 122 Å². The standard InChI is InChI=1S/C17H14FN3/c18-17-14(10-20)2-1-3-15(17)11-21-7-6-13-5-4-12(9-19)8-16(13)21/h1-8H,9,11,19H2. The molecule has 3 rings (SSSR count). The Morgan fingerprint density at radius 1 is 1.19 bits per heavy atom. The molecular weight excluding hydrogens is 265 g/mol. The van der Waals surface area contributed by atoms with Crippen molar-refractivity contribution in [2.75, 3.05) is 0 Å². The molecule has 21 heavy (non-hydrogen) atoms. The van der Waals surface area contributed by atoms with E-state index in [-0.39, 0.29) is 5.56 Å². The second-order valence-corrected chi connectivity index (χ2v) is 4.93. The molecule has 2 aromatic carbocycles. The van der Waals surface area contributed by atoms with Crippen LogP contribution < -0.4 is 5.73 Å². The fourth-order valence-electron chi connectivity index (χ4n) is 2.47. The van der Waals surface area contributed by atoms with Crippen molar-refractivity contribution in [3.05, 3.63) is 71.2 Å². The van der Waals surface area contributed by atoms with E-state index in [1.165, 1.54) is 6.07 Å². The van der Waals surface area contributed by atoms with Crippen LogP contribution in [0.4, 0.5) is 4.39 Å². The van der Waals surface area contributed by atoms with Crippen LogP contribution in [0.5, 0.6) is 0 Å². The second-order valence-electron chi connectivity index (χ2n) is 4.93. The lowest BCUT2D eigenvalue weighted by Crippen LogP contribution is -2.03. The van der Waals surface area contributed by atoms with E-state index in [0.717, 1.165) is 16.5 Å². The third-order valence-corrected chi connectivity index (χ3v) is 3.61. The van der Waals surface area contributed by atoms with Crippen LogP contribution in [0.1, 0.15) is 16.7 Å². The van der Waals surface area contributed by atoms with Gasteiger partial charge in [-0.15, -0.1) is 0 Å². The first kappa shape index (κ1) is 13.3. The fourth-order valence-corrected chi connectivity index (χ4v) is 2.47. The first-order valence-corrected chi connectivity index (χ1v) is 6.68. The number of rotatable bonds is 3. The Bertz CT molecular complexity index is 843. The molecule has 0 radical (unpaired) electrons. The van der Waals surface area contributed by atoms with Gasteiger partial charge in [0, 0.05) is 23.8 Å². The molecule has 0 unspecified atom stereocenters. The highest BCUT2D eigenvalue weighted by molar-refractivity contribution is 5.81. The lowest BCUT2D eigenvalue weighted by Gasteiger charge is -2.08. The van der Waals surface area contributed by atoms with E-state index in [0.29, 0.717) is 18.7 Å². The number of fused-ring (bicyclic) bond motifs is 1. The molecule has 3 nitrogen and oxygen atoms in total. The number of halogens is 1. The molecule has 0 aliphatic heterocycles. The van der Waals surface area contributed by atoms with E-state index in [2.05, 4.69) is 0 Å². The number of nitriles is 1. The molecule has 0 saturated carbocycles. The number of nitrogens with two attached hydrogens (primary N) is 1. The lowest BCUT2D eigenvalue weighted by atomic mass is 10.1. The Balaban J connectivity index is 2.04. The highest BCUT2D eigenvalue weighted by atomic mass is 19.1. The summed E-state index contributed by atoms with van der Waals surface area (Å²) in [5, 5.41) is 9.99. The van der Waals surface area contributed by atoms with Gasteiger partial charge in [-0.3, -0.25) is 0 Å². The molecule has 4 heteroatoms. The van der Waals surface area contributed by atoms with Gasteiger partial charge in [-0.25, -0.2) is 4.39 Å². The Morgan fingerprint density at radius 3 is 2.81 bits per heavy atom. The van der Waals surface area contributed by atoms with Crippen LogP contribution in [-0.4, -0.2) is 4.57 Å². The molecule has 0 fully saturated rings. The summed E-state index contributed by atoms with van der Waals surface area (Å²) in [6.45, 7) is 0.859. The van der Waals surface area contributed by atoms with Gasteiger partial charge in [0.15, 0.2) is 0 Å². The zero-order valence-corrected chi connectivity index (χ0v) is 11.4. The quantitative estimate of drug-likeness (QED) is 0.800. The van der Waals surface area contributed by atoms with Crippen molar-refractivity contribution < 1.29 is 4.39 Å². The van der Waals surface area contributed by atoms with Crippen molar-refractivity contribution in [3.63, 3.8) is 0 Å². The van der Waals surface area contributed by atoms with Crippen LogP contribution in [0.2, 0.25) is 0 Å². The average Bonchev–Trinajstić information content (AvgIpc) is 2.91. The molecule has 0 aliphatic carbocycles. The van der Waals surface area contributed by atoms with Crippen LogP contribution >= 0.6 is 0 Å². The summed E-state index contributed by atoms with van der Waals surface area (Å²) in [5.41, 5.74) is 8.30. The van der Waals surface area contributed by atoms with Crippen LogP contribution in [-0.2, 0) is 13.1 Å². The summed E-state index contributed by atoms with van der Waals surface area (Å²) in [6.07, 6.45) is 1.92. The second kappa shape index (κ2) is 5.39. The highest BCUT2D eigenvalue weighted by Crippen LogP contribution is 2.20. The van der Waals surface area contributed by atoms with Gasteiger partial charge in [0.1, 0.15) is 11.9 Å². The van der Waals surface area contributed by atoms with Crippen LogP contribution in [0, 0.1) is 17.1 Å². The van der Waals surface area contributed by atoms with Gasteiger partial charge < -0.3 is 10.3 Å². The molecule has 0 amide bonds. The summed E-state index contributed by atoms with van der Waals surface area (Å²) < 4.78 is 16.1. The van der Waals surface area contributed by atoms with E-state index in [9.17, 15) is 4.39 Å². The lowest BCUT2D eigenvalue weighted by molar-refractivity contribution is 0.598.